The van der Waals surface area contributed by atoms with E-state index >= 15 is 0 Å². The van der Waals surface area contributed by atoms with Crippen molar-refractivity contribution in [2.45, 2.75) is 71.4 Å². The summed E-state index contributed by atoms with van der Waals surface area (Å²) in [4.78, 5) is 31.3. The molecule has 0 spiro atoms. The van der Waals surface area contributed by atoms with Crippen LogP contribution in [0, 0.1) is 0 Å². The fourth-order valence-electron chi connectivity index (χ4n) is 3.68. The molecule has 2 heterocycles. The number of thiazole rings is 1. The van der Waals surface area contributed by atoms with Gasteiger partial charge in [-0.2, -0.15) is 0 Å². The van der Waals surface area contributed by atoms with Gasteiger partial charge in [0.2, 0.25) is 0 Å². The van der Waals surface area contributed by atoms with Gasteiger partial charge in [-0.1, -0.05) is 39.0 Å². The molecule has 0 unspecified atom stereocenters. The lowest BCUT2D eigenvalue weighted by Crippen LogP contribution is -2.43. The smallest absolute Gasteiger partial charge is 0.325 e. The Kier molecular flexibility index (Phi) is 7.48. The number of aromatic nitrogens is 1. The Hall–Kier alpha value is -2.41. The van der Waals surface area contributed by atoms with E-state index in [-0.39, 0.29) is 18.5 Å². The summed E-state index contributed by atoms with van der Waals surface area (Å²) in [5.41, 5.74) is 0.903. The first-order valence-electron chi connectivity index (χ1n) is 10.8. The number of amides is 3. The molecule has 0 saturated carbocycles. The third-order valence-corrected chi connectivity index (χ3v) is 6.35. The number of hydrogen-bond acceptors (Lipinski definition) is 5. The molecule has 2 aromatic rings. The van der Waals surface area contributed by atoms with Crippen LogP contribution in [0.1, 0.15) is 65.0 Å². The minimum absolute atomic E-state index is 0.154. The van der Waals surface area contributed by atoms with Crippen LogP contribution in [0.15, 0.2) is 29.6 Å². The third kappa shape index (κ3) is 5.19. The van der Waals surface area contributed by atoms with Crippen molar-refractivity contribution >= 4 is 23.3 Å². The fraction of sp³-hybridized carbons (Fsp3) is 0.522. The van der Waals surface area contributed by atoms with Gasteiger partial charge in [0.15, 0.2) is 0 Å². The number of benzene rings is 1. The number of nitrogens with one attached hydrogen (secondary N) is 1. The molecule has 0 bridgehead atoms. The lowest BCUT2D eigenvalue weighted by atomic mass is 9.94. The zero-order valence-corrected chi connectivity index (χ0v) is 18.9. The van der Waals surface area contributed by atoms with Crippen molar-refractivity contribution in [3.05, 3.63) is 35.3 Å². The van der Waals surface area contributed by atoms with Crippen LogP contribution in [-0.4, -0.2) is 34.0 Å². The monoisotopic (exact) mass is 429 g/mol. The van der Waals surface area contributed by atoms with Crippen LogP contribution in [-0.2, 0) is 11.3 Å². The van der Waals surface area contributed by atoms with E-state index in [0.717, 1.165) is 34.9 Å². The zero-order chi connectivity index (χ0) is 21.6. The lowest BCUT2D eigenvalue weighted by molar-refractivity contribution is -0.131. The first-order valence-corrected chi connectivity index (χ1v) is 11.7. The molecule has 0 aliphatic carbocycles. The Morgan fingerprint density at radius 3 is 2.53 bits per heavy atom. The van der Waals surface area contributed by atoms with Gasteiger partial charge in [0.25, 0.3) is 5.91 Å². The molecule has 7 heteroatoms. The van der Waals surface area contributed by atoms with Crippen LogP contribution in [0.3, 0.4) is 0 Å². The van der Waals surface area contributed by atoms with E-state index in [2.05, 4.69) is 17.2 Å². The van der Waals surface area contributed by atoms with E-state index in [9.17, 15) is 9.59 Å². The maximum absolute atomic E-state index is 12.9. The normalized spacial score (nSPS) is 18.7. The summed E-state index contributed by atoms with van der Waals surface area (Å²) >= 11 is 1.51. The van der Waals surface area contributed by atoms with E-state index in [0.29, 0.717) is 13.0 Å². The molecule has 0 radical (unpaired) electrons. The molecule has 3 amide bonds. The van der Waals surface area contributed by atoms with Crippen LogP contribution >= 0.6 is 11.3 Å². The van der Waals surface area contributed by atoms with E-state index in [1.165, 1.54) is 35.5 Å². The first kappa shape index (κ1) is 22.3. The van der Waals surface area contributed by atoms with Crippen LogP contribution in [0.2, 0.25) is 0 Å². The largest absolute Gasteiger partial charge is 0.494 e. The van der Waals surface area contributed by atoms with Gasteiger partial charge >= 0.3 is 6.03 Å². The van der Waals surface area contributed by atoms with Crippen LogP contribution in [0.25, 0.3) is 10.6 Å². The highest BCUT2D eigenvalue weighted by molar-refractivity contribution is 7.13. The standard InChI is InChI=1S/C23H31N3O3S/c1-4-6-7-8-9-14-23(3)21(27)26(22(28)25-23)15-18-16-30-20(24-18)17-10-12-19(13-11-17)29-5-2/h10-13,16H,4-9,14-15H2,1-3H3,(H,25,28)/t23-/m0/s1. The number of rotatable bonds is 11. The van der Waals surface area contributed by atoms with Crippen molar-refractivity contribution in [2.75, 3.05) is 6.61 Å². The highest BCUT2D eigenvalue weighted by atomic mass is 32.1. The van der Waals surface area contributed by atoms with Crippen LogP contribution in [0.4, 0.5) is 4.79 Å². The van der Waals surface area contributed by atoms with E-state index in [4.69, 9.17) is 4.74 Å². The average Bonchev–Trinajstić information content (AvgIpc) is 3.28. The van der Waals surface area contributed by atoms with Crippen molar-refractivity contribution in [1.82, 2.24) is 15.2 Å². The predicted molar refractivity (Wildman–Crippen MR) is 120 cm³/mol. The van der Waals surface area contributed by atoms with E-state index < -0.39 is 5.54 Å². The molecular formula is C23H31N3O3S. The van der Waals surface area contributed by atoms with Gasteiger partial charge in [0.1, 0.15) is 16.3 Å². The summed E-state index contributed by atoms with van der Waals surface area (Å²) in [6.45, 7) is 6.79. The second-order valence-electron chi connectivity index (χ2n) is 7.92. The Morgan fingerprint density at radius 2 is 1.83 bits per heavy atom. The molecule has 1 aromatic heterocycles. The molecule has 1 saturated heterocycles. The molecule has 1 aromatic carbocycles. The van der Waals surface area contributed by atoms with Crippen molar-refractivity contribution in [1.29, 1.82) is 0 Å². The minimum Gasteiger partial charge on any atom is -0.494 e. The van der Waals surface area contributed by atoms with Crippen LogP contribution < -0.4 is 10.1 Å². The summed E-state index contributed by atoms with van der Waals surface area (Å²) in [7, 11) is 0. The Balaban J connectivity index is 1.61. The Morgan fingerprint density at radius 1 is 1.10 bits per heavy atom. The summed E-state index contributed by atoms with van der Waals surface area (Å²) < 4.78 is 5.48. The highest BCUT2D eigenvalue weighted by Crippen LogP contribution is 2.29. The average molecular weight is 430 g/mol. The van der Waals surface area contributed by atoms with Crippen molar-refractivity contribution < 1.29 is 14.3 Å². The van der Waals surface area contributed by atoms with Crippen molar-refractivity contribution in [2.24, 2.45) is 0 Å². The summed E-state index contributed by atoms with van der Waals surface area (Å²) in [6, 6.07) is 7.45. The number of carbonyl (C=O) groups excluding carboxylic acids is 2. The summed E-state index contributed by atoms with van der Waals surface area (Å²) in [6.07, 6.45) is 6.27. The Bertz CT molecular complexity index is 865. The van der Waals surface area contributed by atoms with Gasteiger partial charge in [-0.3, -0.25) is 9.69 Å². The number of unbranched alkanes of at least 4 members (excludes halogenated alkanes) is 4. The van der Waals surface area contributed by atoms with Gasteiger partial charge < -0.3 is 10.1 Å². The minimum atomic E-state index is -0.808. The van der Waals surface area contributed by atoms with Gasteiger partial charge in [0.05, 0.1) is 18.8 Å². The molecule has 1 atom stereocenters. The van der Waals surface area contributed by atoms with Gasteiger partial charge in [-0.05, 0) is 44.5 Å². The summed E-state index contributed by atoms with van der Waals surface area (Å²) in [5, 5.41) is 5.67. The number of urea groups is 1. The molecule has 1 aliphatic rings. The molecule has 6 nitrogen and oxygen atoms in total. The zero-order valence-electron chi connectivity index (χ0n) is 18.1. The van der Waals surface area contributed by atoms with Gasteiger partial charge in [-0.25, -0.2) is 9.78 Å². The van der Waals surface area contributed by atoms with Gasteiger partial charge in [-0.15, -0.1) is 11.3 Å². The van der Waals surface area contributed by atoms with Crippen molar-refractivity contribution in [3.63, 3.8) is 0 Å². The van der Waals surface area contributed by atoms with Crippen molar-refractivity contribution in [3.8, 4) is 16.3 Å². The maximum atomic E-state index is 12.9. The summed E-state index contributed by atoms with van der Waals surface area (Å²) in [5.74, 6) is 0.671. The first-order chi connectivity index (χ1) is 14.5. The van der Waals surface area contributed by atoms with Crippen LogP contribution in [0.5, 0.6) is 5.75 Å². The quantitative estimate of drug-likeness (QED) is 0.384. The number of imide groups is 1. The molecule has 1 fully saturated rings. The van der Waals surface area contributed by atoms with E-state index in [1.54, 1.807) is 0 Å². The number of hydrogen-bond donors (Lipinski definition) is 1. The SMILES string of the molecule is CCCCCCC[C@]1(C)NC(=O)N(Cc2csc(-c3ccc(OCC)cc3)n2)C1=O. The fourth-order valence-corrected chi connectivity index (χ4v) is 4.49. The maximum Gasteiger partial charge on any atom is 0.325 e. The highest BCUT2D eigenvalue weighted by Gasteiger charge is 2.47. The molecular weight excluding hydrogens is 398 g/mol. The third-order valence-electron chi connectivity index (χ3n) is 5.41. The van der Waals surface area contributed by atoms with E-state index in [1.807, 2.05) is 43.5 Å². The topological polar surface area (TPSA) is 71.5 Å². The predicted octanol–water partition coefficient (Wildman–Crippen LogP) is 5.38. The molecule has 162 valence electrons. The lowest BCUT2D eigenvalue weighted by Gasteiger charge is -2.21. The van der Waals surface area contributed by atoms with Gasteiger partial charge in [0, 0.05) is 10.9 Å². The molecule has 1 aliphatic heterocycles. The second-order valence-corrected chi connectivity index (χ2v) is 8.78. The second kappa shape index (κ2) is 10.1. The molecule has 3 rings (SSSR count). The number of ether oxygens (including phenoxy) is 1. The Labute approximate surface area is 182 Å². The number of nitrogens with zero attached hydrogens (tertiary/aromatic N) is 2. The molecule has 1 N–H and O–H groups in total. The molecule has 30 heavy (non-hydrogen) atoms. The number of carbonyl (C=O) groups is 2.